The van der Waals surface area contributed by atoms with Crippen molar-refractivity contribution >= 4 is 27.5 Å². The minimum Gasteiger partial charge on any atom is -0.354 e. The number of hydrogen-bond acceptors (Lipinski definition) is 4. The van der Waals surface area contributed by atoms with Crippen LogP contribution in [0, 0.1) is 6.92 Å². The Balaban J connectivity index is 1.86. The molecule has 0 unspecified atom stereocenters. The molecule has 2 amide bonds. The summed E-state index contributed by atoms with van der Waals surface area (Å²) in [5.41, 5.74) is 3.53. The number of sulfonamides is 1. The van der Waals surface area contributed by atoms with Gasteiger partial charge in [0.05, 0.1) is 11.9 Å². The first-order valence-electron chi connectivity index (χ1n) is 13.4. The van der Waals surface area contributed by atoms with Crippen molar-refractivity contribution in [3.63, 3.8) is 0 Å². The Labute approximate surface area is 232 Å². The topological polar surface area (TPSA) is 86.8 Å². The average molecular weight is 550 g/mol. The van der Waals surface area contributed by atoms with E-state index in [0.717, 1.165) is 23.1 Å². The maximum Gasteiger partial charge on any atom is 0.243 e. The van der Waals surface area contributed by atoms with Crippen molar-refractivity contribution in [2.24, 2.45) is 0 Å². The first-order valence-corrected chi connectivity index (χ1v) is 15.2. The molecule has 3 aromatic carbocycles. The van der Waals surface area contributed by atoms with Crippen LogP contribution >= 0.6 is 0 Å². The number of benzene rings is 3. The van der Waals surface area contributed by atoms with E-state index in [4.69, 9.17) is 0 Å². The van der Waals surface area contributed by atoms with Crippen LogP contribution in [0.5, 0.6) is 0 Å². The lowest BCUT2D eigenvalue weighted by Crippen LogP contribution is -2.50. The number of rotatable bonds is 14. The molecule has 0 spiro atoms. The second-order valence-corrected chi connectivity index (χ2v) is 11.7. The molecule has 0 saturated heterocycles. The van der Waals surface area contributed by atoms with Gasteiger partial charge in [-0.05, 0) is 43.0 Å². The van der Waals surface area contributed by atoms with Gasteiger partial charge in [0.1, 0.15) is 6.04 Å². The number of anilines is 1. The molecule has 0 radical (unpaired) electrons. The molecule has 3 rings (SSSR count). The number of carbonyl (C=O) groups excluding carboxylic acids is 2. The van der Waals surface area contributed by atoms with Gasteiger partial charge in [0.2, 0.25) is 21.8 Å². The molecule has 208 valence electrons. The van der Waals surface area contributed by atoms with Crippen molar-refractivity contribution in [3.8, 4) is 0 Å². The third-order valence-electron chi connectivity index (χ3n) is 6.45. The van der Waals surface area contributed by atoms with Crippen molar-refractivity contribution in [2.45, 2.75) is 52.1 Å². The molecule has 0 heterocycles. The van der Waals surface area contributed by atoms with Gasteiger partial charge < -0.3 is 10.2 Å². The van der Waals surface area contributed by atoms with Gasteiger partial charge >= 0.3 is 0 Å². The van der Waals surface area contributed by atoms with E-state index in [1.54, 1.807) is 29.2 Å². The van der Waals surface area contributed by atoms with Gasteiger partial charge in [0.15, 0.2) is 0 Å². The molecule has 0 aliphatic heterocycles. The highest BCUT2D eigenvalue weighted by molar-refractivity contribution is 7.92. The van der Waals surface area contributed by atoms with Gasteiger partial charge in [-0.2, -0.15) is 0 Å². The molecule has 7 nitrogen and oxygen atoms in total. The van der Waals surface area contributed by atoms with E-state index in [9.17, 15) is 18.0 Å². The third kappa shape index (κ3) is 9.25. The van der Waals surface area contributed by atoms with Gasteiger partial charge in [-0.1, -0.05) is 85.3 Å². The summed E-state index contributed by atoms with van der Waals surface area (Å²) in [6.07, 6.45) is 2.76. The Morgan fingerprint density at radius 3 is 2.15 bits per heavy atom. The molecule has 8 heteroatoms. The molecule has 1 atom stereocenters. The molecule has 39 heavy (non-hydrogen) atoms. The summed E-state index contributed by atoms with van der Waals surface area (Å²) in [5.74, 6) is -0.380. The van der Waals surface area contributed by atoms with Gasteiger partial charge in [-0.3, -0.25) is 13.9 Å². The normalized spacial score (nSPS) is 12.0. The van der Waals surface area contributed by atoms with E-state index in [1.165, 1.54) is 10.6 Å². The van der Waals surface area contributed by atoms with Crippen LogP contribution in [0.1, 0.15) is 42.9 Å². The van der Waals surface area contributed by atoms with E-state index in [0.29, 0.717) is 25.1 Å². The number of nitrogens with zero attached hydrogens (tertiary/aromatic N) is 2. The Hall–Kier alpha value is -3.65. The summed E-state index contributed by atoms with van der Waals surface area (Å²) in [4.78, 5) is 28.9. The van der Waals surface area contributed by atoms with E-state index < -0.39 is 16.1 Å². The fourth-order valence-electron chi connectivity index (χ4n) is 4.53. The minimum atomic E-state index is -3.53. The van der Waals surface area contributed by atoms with Gasteiger partial charge in [0.25, 0.3) is 0 Å². The molecule has 0 aliphatic carbocycles. The minimum absolute atomic E-state index is 0.108. The maximum atomic E-state index is 13.8. The van der Waals surface area contributed by atoms with Crippen LogP contribution in [0.2, 0.25) is 0 Å². The van der Waals surface area contributed by atoms with Crippen LogP contribution in [0.25, 0.3) is 0 Å². The van der Waals surface area contributed by atoms with E-state index in [-0.39, 0.29) is 31.3 Å². The lowest BCUT2D eigenvalue weighted by atomic mass is 10.0. The van der Waals surface area contributed by atoms with Crippen LogP contribution in [0.3, 0.4) is 0 Å². The van der Waals surface area contributed by atoms with Crippen molar-refractivity contribution in [3.05, 3.63) is 102 Å². The lowest BCUT2D eigenvalue weighted by Gasteiger charge is -2.32. The first-order chi connectivity index (χ1) is 18.7. The molecule has 1 N–H and O–H groups in total. The Morgan fingerprint density at radius 1 is 0.897 bits per heavy atom. The maximum absolute atomic E-state index is 13.8. The van der Waals surface area contributed by atoms with Gasteiger partial charge in [-0.15, -0.1) is 0 Å². The Kier molecular flexibility index (Phi) is 11.1. The molecular formula is C31H39N3O4S. The molecule has 0 aliphatic rings. The first kappa shape index (κ1) is 29.9. The van der Waals surface area contributed by atoms with Crippen LogP contribution < -0.4 is 9.62 Å². The SMILES string of the molecule is CCCNC(=O)[C@@H](Cc1ccccc1)N(Cc1cccc(C)c1)C(=O)CCCN(c1ccccc1)S(C)(=O)=O. The highest BCUT2D eigenvalue weighted by Gasteiger charge is 2.30. The van der Waals surface area contributed by atoms with E-state index >= 15 is 0 Å². The summed E-state index contributed by atoms with van der Waals surface area (Å²) >= 11 is 0. The number of hydrogen-bond donors (Lipinski definition) is 1. The predicted molar refractivity (Wildman–Crippen MR) is 157 cm³/mol. The summed E-state index contributed by atoms with van der Waals surface area (Å²) in [5, 5.41) is 2.98. The van der Waals surface area contributed by atoms with Crippen LogP contribution in [0.15, 0.2) is 84.9 Å². The predicted octanol–water partition coefficient (Wildman–Crippen LogP) is 4.71. The molecular weight excluding hydrogens is 510 g/mol. The van der Waals surface area contributed by atoms with Crippen molar-refractivity contribution in [1.29, 1.82) is 0 Å². The van der Waals surface area contributed by atoms with Crippen LogP contribution in [-0.4, -0.2) is 50.5 Å². The lowest BCUT2D eigenvalue weighted by molar-refractivity contribution is -0.141. The molecule has 0 fully saturated rings. The number of aryl methyl sites for hydroxylation is 1. The van der Waals surface area contributed by atoms with Crippen LogP contribution in [-0.2, 0) is 32.6 Å². The third-order valence-corrected chi connectivity index (χ3v) is 7.65. The van der Waals surface area contributed by atoms with Gasteiger partial charge in [0, 0.05) is 32.5 Å². The molecule has 3 aromatic rings. The zero-order valence-electron chi connectivity index (χ0n) is 23.0. The van der Waals surface area contributed by atoms with E-state index in [2.05, 4.69) is 5.32 Å². The quantitative estimate of drug-likeness (QED) is 0.316. The summed E-state index contributed by atoms with van der Waals surface area (Å²) in [6.45, 7) is 4.96. The standard InChI is InChI=1S/C31H39N3O4S/c1-4-20-32-31(36)29(23-26-14-7-5-8-15-26)33(24-27-16-11-13-25(2)22-27)30(35)19-12-21-34(39(3,37)38)28-17-9-6-10-18-28/h5-11,13-18,22,29H,4,12,19-21,23-24H2,1-3H3,(H,32,36)/t29-/m1/s1. The summed E-state index contributed by atoms with van der Waals surface area (Å²) < 4.78 is 26.3. The highest BCUT2D eigenvalue weighted by Crippen LogP contribution is 2.20. The van der Waals surface area contributed by atoms with Gasteiger partial charge in [-0.25, -0.2) is 8.42 Å². The Morgan fingerprint density at radius 2 is 1.54 bits per heavy atom. The van der Waals surface area contributed by atoms with Crippen LogP contribution in [0.4, 0.5) is 5.69 Å². The van der Waals surface area contributed by atoms with Crippen molar-refractivity contribution in [2.75, 3.05) is 23.7 Å². The monoisotopic (exact) mass is 549 g/mol. The fraction of sp³-hybridized carbons (Fsp3) is 0.355. The zero-order chi connectivity index (χ0) is 28.3. The summed E-state index contributed by atoms with van der Waals surface area (Å²) in [6, 6.07) is 25.8. The highest BCUT2D eigenvalue weighted by atomic mass is 32.2. The number of para-hydroxylation sites is 1. The smallest absolute Gasteiger partial charge is 0.243 e. The summed E-state index contributed by atoms with van der Waals surface area (Å²) in [7, 11) is -3.53. The largest absolute Gasteiger partial charge is 0.354 e. The average Bonchev–Trinajstić information content (AvgIpc) is 2.92. The molecule has 0 bridgehead atoms. The number of amides is 2. The van der Waals surface area contributed by atoms with Crippen molar-refractivity contribution in [1.82, 2.24) is 10.2 Å². The zero-order valence-corrected chi connectivity index (χ0v) is 23.9. The van der Waals surface area contributed by atoms with E-state index in [1.807, 2.05) is 74.5 Å². The molecule has 0 saturated carbocycles. The van der Waals surface area contributed by atoms with Crippen molar-refractivity contribution < 1.29 is 18.0 Å². The second-order valence-electron chi connectivity index (χ2n) is 9.78. The number of carbonyl (C=O) groups is 2. The molecule has 0 aromatic heterocycles. The fourth-order valence-corrected chi connectivity index (χ4v) is 5.49. The second kappa shape index (κ2) is 14.5. The number of nitrogens with one attached hydrogen (secondary N) is 1. The Bertz CT molecular complexity index is 1310.